The molecule has 1 aromatic rings. The fraction of sp³-hybridized carbons (Fsp3) is 0.385. The summed E-state index contributed by atoms with van der Waals surface area (Å²) in [6.07, 6.45) is -0.902. The zero-order chi connectivity index (χ0) is 15.7. The Morgan fingerprint density at radius 2 is 2.10 bits per heavy atom. The number of non-ortho nitro benzene ring substituents is 1. The van der Waals surface area contributed by atoms with E-state index in [0.717, 1.165) is 4.90 Å². The molecule has 2 N–H and O–H groups in total. The smallest absolute Gasteiger partial charge is 0.326 e. The van der Waals surface area contributed by atoms with Crippen molar-refractivity contribution in [1.82, 2.24) is 4.90 Å². The number of carboxylic acid groups (broad SMARTS) is 1. The van der Waals surface area contributed by atoms with Crippen molar-refractivity contribution in [3.05, 3.63) is 39.4 Å². The topological polar surface area (TPSA) is 121 Å². The summed E-state index contributed by atoms with van der Waals surface area (Å²) in [5, 5.41) is 29.3. The van der Waals surface area contributed by atoms with E-state index in [0.29, 0.717) is 5.56 Å². The van der Waals surface area contributed by atoms with E-state index in [1.807, 2.05) is 0 Å². The third-order valence-electron chi connectivity index (χ3n) is 3.48. The molecule has 1 heterocycles. The molecule has 21 heavy (non-hydrogen) atoms. The van der Waals surface area contributed by atoms with Gasteiger partial charge in [0.15, 0.2) is 0 Å². The van der Waals surface area contributed by atoms with Crippen LogP contribution >= 0.6 is 0 Å². The molecule has 1 amide bonds. The van der Waals surface area contributed by atoms with Crippen molar-refractivity contribution in [1.29, 1.82) is 0 Å². The average Bonchev–Trinajstić information content (AvgIpc) is 2.80. The van der Waals surface area contributed by atoms with E-state index >= 15 is 0 Å². The Balaban J connectivity index is 2.31. The fourth-order valence-corrected chi connectivity index (χ4v) is 2.43. The van der Waals surface area contributed by atoms with E-state index in [1.54, 1.807) is 6.92 Å². The zero-order valence-electron chi connectivity index (χ0n) is 11.2. The van der Waals surface area contributed by atoms with Crippen LogP contribution < -0.4 is 0 Å². The van der Waals surface area contributed by atoms with Gasteiger partial charge in [-0.15, -0.1) is 0 Å². The molecule has 2 rings (SSSR count). The lowest BCUT2D eigenvalue weighted by Crippen LogP contribution is -2.40. The predicted octanol–water partition coefficient (Wildman–Crippen LogP) is 0.563. The van der Waals surface area contributed by atoms with Crippen LogP contribution in [-0.4, -0.2) is 50.6 Å². The van der Waals surface area contributed by atoms with Crippen LogP contribution in [0.25, 0.3) is 0 Å². The van der Waals surface area contributed by atoms with E-state index in [1.165, 1.54) is 18.2 Å². The van der Waals surface area contributed by atoms with Crippen LogP contribution in [-0.2, 0) is 4.79 Å². The highest BCUT2D eigenvalue weighted by Crippen LogP contribution is 2.24. The largest absolute Gasteiger partial charge is 0.480 e. The number of aliphatic hydroxyl groups excluding tert-OH is 1. The number of rotatable bonds is 3. The van der Waals surface area contributed by atoms with Crippen molar-refractivity contribution < 1.29 is 24.7 Å². The van der Waals surface area contributed by atoms with Gasteiger partial charge < -0.3 is 15.1 Å². The van der Waals surface area contributed by atoms with Gasteiger partial charge in [0.2, 0.25) is 0 Å². The Morgan fingerprint density at radius 1 is 1.43 bits per heavy atom. The second-order valence-electron chi connectivity index (χ2n) is 4.96. The third kappa shape index (κ3) is 2.84. The molecule has 1 fully saturated rings. The van der Waals surface area contributed by atoms with Crippen molar-refractivity contribution in [2.24, 2.45) is 0 Å². The number of hydrogen-bond donors (Lipinski definition) is 2. The first-order valence-electron chi connectivity index (χ1n) is 6.28. The molecule has 1 aliphatic rings. The zero-order valence-corrected chi connectivity index (χ0v) is 11.2. The van der Waals surface area contributed by atoms with Gasteiger partial charge in [-0.05, 0) is 18.6 Å². The summed E-state index contributed by atoms with van der Waals surface area (Å²) < 4.78 is 0. The SMILES string of the molecule is Cc1cc([N+](=O)[O-])ccc1C(=O)N1CC(O)CC1C(=O)O. The molecule has 2 unspecified atom stereocenters. The molecule has 2 atom stereocenters. The van der Waals surface area contributed by atoms with Gasteiger partial charge in [0.1, 0.15) is 6.04 Å². The Labute approximate surface area is 119 Å². The highest BCUT2D eigenvalue weighted by Gasteiger charge is 2.39. The van der Waals surface area contributed by atoms with Gasteiger partial charge in [0.25, 0.3) is 11.6 Å². The molecule has 112 valence electrons. The average molecular weight is 294 g/mol. The number of aliphatic hydroxyl groups is 1. The molecular formula is C13H14N2O6. The number of nitro benzene ring substituents is 1. The second-order valence-corrected chi connectivity index (χ2v) is 4.96. The van der Waals surface area contributed by atoms with E-state index in [4.69, 9.17) is 5.11 Å². The van der Waals surface area contributed by atoms with Crippen molar-refractivity contribution in [2.45, 2.75) is 25.5 Å². The summed E-state index contributed by atoms with van der Waals surface area (Å²) in [5.41, 5.74) is 0.445. The minimum Gasteiger partial charge on any atom is -0.480 e. The summed E-state index contributed by atoms with van der Waals surface area (Å²) in [6, 6.07) is 2.68. The van der Waals surface area contributed by atoms with Crippen molar-refractivity contribution in [3.63, 3.8) is 0 Å². The molecular weight excluding hydrogens is 280 g/mol. The summed E-state index contributed by atoms with van der Waals surface area (Å²) >= 11 is 0. The monoisotopic (exact) mass is 294 g/mol. The fourth-order valence-electron chi connectivity index (χ4n) is 2.43. The first kappa shape index (κ1) is 14.9. The van der Waals surface area contributed by atoms with Crippen LogP contribution in [0.15, 0.2) is 18.2 Å². The molecule has 0 radical (unpaired) electrons. The maximum Gasteiger partial charge on any atom is 0.326 e. The molecule has 8 heteroatoms. The van der Waals surface area contributed by atoms with Gasteiger partial charge in [0.05, 0.1) is 11.0 Å². The number of likely N-dealkylation sites (tertiary alicyclic amines) is 1. The van der Waals surface area contributed by atoms with Crippen LogP contribution in [0.2, 0.25) is 0 Å². The van der Waals surface area contributed by atoms with Crippen LogP contribution in [0.1, 0.15) is 22.3 Å². The van der Waals surface area contributed by atoms with Crippen LogP contribution in [0.5, 0.6) is 0 Å². The lowest BCUT2D eigenvalue weighted by molar-refractivity contribution is -0.384. The highest BCUT2D eigenvalue weighted by molar-refractivity contribution is 5.98. The Hall–Kier alpha value is -2.48. The molecule has 0 bridgehead atoms. The second kappa shape index (κ2) is 5.49. The van der Waals surface area contributed by atoms with E-state index in [-0.39, 0.29) is 24.2 Å². The van der Waals surface area contributed by atoms with Gasteiger partial charge in [-0.1, -0.05) is 0 Å². The number of aryl methyl sites for hydroxylation is 1. The van der Waals surface area contributed by atoms with Crippen molar-refractivity contribution >= 4 is 17.6 Å². The van der Waals surface area contributed by atoms with Crippen LogP contribution in [0.3, 0.4) is 0 Å². The summed E-state index contributed by atoms with van der Waals surface area (Å²) in [4.78, 5) is 34.7. The van der Waals surface area contributed by atoms with Gasteiger partial charge >= 0.3 is 5.97 Å². The molecule has 8 nitrogen and oxygen atoms in total. The number of carboxylic acids is 1. The number of nitro groups is 1. The first-order valence-corrected chi connectivity index (χ1v) is 6.28. The maximum atomic E-state index is 12.4. The normalized spacial score (nSPS) is 21.3. The maximum absolute atomic E-state index is 12.4. The number of aliphatic carboxylic acids is 1. The summed E-state index contributed by atoms with van der Waals surface area (Å²) in [7, 11) is 0. The van der Waals surface area contributed by atoms with Gasteiger partial charge in [-0.25, -0.2) is 4.79 Å². The van der Waals surface area contributed by atoms with Crippen molar-refractivity contribution in [2.75, 3.05) is 6.54 Å². The molecule has 1 aromatic carbocycles. The molecule has 0 spiro atoms. The van der Waals surface area contributed by atoms with Crippen LogP contribution in [0.4, 0.5) is 5.69 Å². The van der Waals surface area contributed by atoms with E-state index in [9.17, 15) is 24.8 Å². The summed E-state index contributed by atoms with van der Waals surface area (Å²) in [5.74, 6) is -1.73. The number of amides is 1. The number of nitrogens with zero attached hydrogens (tertiary/aromatic N) is 2. The number of benzene rings is 1. The minimum atomic E-state index is -1.18. The quantitative estimate of drug-likeness (QED) is 0.620. The minimum absolute atomic E-state index is 0.0207. The standard InChI is InChI=1S/C13H14N2O6/c1-7-4-8(15(20)21)2-3-10(7)12(17)14-6-9(16)5-11(14)13(18)19/h2-4,9,11,16H,5-6H2,1H3,(H,18,19). The highest BCUT2D eigenvalue weighted by atomic mass is 16.6. The molecule has 0 aliphatic carbocycles. The Bertz CT molecular complexity index is 615. The lowest BCUT2D eigenvalue weighted by atomic mass is 10.1. The van der Waals surface area contributed by atoms with Gasteiger partial charge in [-0.3, -0.25) is 14.9 Å². The number of carbonyl (C=O) groups excluding carboxylic acids is 1. The molecule has 1 saturated heterocycles. The number of hydrogen-bond acceptors (Lipinski definition) is 5. The number of β-amino-alcohol motifs (C(OH)–C–C–N with tert-alkyl or cyclic N) is 1. The van der Waals surface area contributed by atoms with Crippen LogP contribution in [0, 0.1) is 17.0 Å². The molecule has 0 saturated carbocycles. The number of carbonyl (C=O) groups is 2. The third-order valence-corrected chi connectivity index (χ3v) is 3.48. The lowest BCUT2D eigenvalue weighted by Gasteiger charge is -2.21. The molecule has 0 aromatic heterocycles. The van der Waals surface area contributed by atoms with E-state index in [2.05, 4.69) is 0 Å². The Kier molecular flexibility index (Phi) is 3.90. The van der Waals surface area contributed by atoms with Crippen molar-refractivity contribution in [3.8, 4) is 0 Å². The molecule has 1 aliphatic heterocycles. The van der Waals surface area contributed by atoms with Gasteiger partial charge in [-0.2, -0.15) is 0 Å². The first-order chi connectivity index (χ1) is 9.81. The Morgan fingerprint density at radius 3 is 2.62 bits per heavy atom. The van der Waals surface area contributed by atoms with E-state index < -0.39 is 28.9 Å². The van der Waals surface area contributed by atoms with Gasteiger partial charge in [0, 0.05) is 30.7 Å². The predicted molar refractivity (Wildman–Crippen MR) is 70.9 cm³/mol. The summed E-state index contributed by atoms with van der Waals surface area (Å²) in [6.45, 7) is 1.48.